The lowest BCUT2D eigenvalue weighted by Crippen LogP contribution is -2.57. The third-order valence-corrected chi connectivity index (χ3v) is 7.78. The first kappa shape index (κ1) is 22.6. The predicted molar refractivity (Wildman–Crippen MR) is 116 cm³/mol. The predicted octanol–water partition coefficient (Wildman–Crippen LogP) is 2.34. The largest absolute Gasteiger partial charge is 0.357 e. The molecule has 0 spiro atoms. The third kappa shape index (κ3) is 5.78. The molecule has 1 aromatic heterocycles. The van der Waals surface area contributed by atoms with Gasteiger partial charge in [-0.15, -0.1) is 35.3 Å². The number of thiazole rings is 1. The lowest BCUT2D eigenvalue weighted by atomic mass is 10.2. The SMILES string of the molecule is CCNC(=NCCc1csc(CC)n1)N1CCS(=O)(=O)C(C)(C)C1.I. The van der Waals surface area contributed by atoms with Gasteiger partial charge in [0.2, 0.25) is 0 Å². The van der Waals surface area contributed by atoms with E-state index in [1.54, 1.807) is 25.2 Å². The van der Waals surface area contributed by atoms with Crippen LogP contribution < -0.4 is 5.32 Å². The second kappa shape index (κ2) is 9.50. The fraction of sp³-hybridized carbons (Fsp3) is 0.750. The third-order valence-electron chi connectivity index (χ3n) is 4.21. The second-order valence-electron chi connectivity index (χ2n) is 6.57. The fourth-order valence-electron chi connectivity index (χ4n) is 2.65. The van der Waals surface area contributed by atoms with Crippen LogP contribution in [-0.2, 0) is 22.7 Å². The van der Waals surface area contributed by atoms with Crippen molar-refractivity contribution >= 4 is 51.1 Å². The molecule has 0 radical (unpaired) electrons. The highest BCUT2D eigenvalue weighted by Crippen LogP contribution is 2.23. The Hall–Kier alpha value is -0.420. The van der Waals surface area contributed by atoms with Crippen molar-refractivity contribution in [1.29, 1.82) is 0 Å². The summed E-state index contributed by atoms with van der Waals surface area (Å²) in [5.74, 6) is 0.975. The van der Waals surface area contributed by atoms with Crippen LogP contribution in [0, 0.1) is 0 Å². The minimum atomic E-state index is -3.04. The number of aromatic nitrogens is 1. The number of rotatable bonds is 5. The molecule has 0 saturated carbocycles. The summed E-state index contributed by atoms with van der Waals surface area (Å²) >= 11 is 1.69. The van der Waals surface area contributed by atoms with Crippen LogP contribution in [0.15, 0.2) is 10.4 Å². The topological polar surface area (TPSA) is 74.7 Å². The molecule has 144 valence electrons. The Morgan fingerprint density at radius 1 is 1.44 bits per heavy atom. The molecule has 0 aromatic carbocycles. The highest BCUT2D eigenvalue weighted by atomic mass is 127. The standard InChI is InChI=1S/C16H28N4O2S2.HI/c1-5-14-19-13(11-23-14)7-8-18-15(17-6-2)20-9-10-24(21,22)16(3,4)12-20;/h11H,5-10,12H2,1-4H3,(H,17,18);1H. The van der Waals surface area contributed by atoms with Crippen molar-refractivity contribution in [2.24, 2.45) is 4.99 Å². The number of hydrogen-bond acceptors (Lipinski definition) is 5. The Labute approximate surface area is 172 Å². The summed E-state index contributed by atoms with van der Waals surface area (Å²) in [5.41, 5.74) is 1.08. The summed E-state index contributed by atoms with van der Waals surface area (Å²) in [6.45, 7) is 10.1. The molecule has 1 saturated heterocycles. The number of sulfone groups is 1. The van der Waals surface area contributed by atoms with E-state index in [-0.39, 0.29) is 29.7 Å². The quantitative estimate of drug-likeness (QED) is 0.382. The van der Waals surface area contributed by atoms with Gasteiger partial charge in [0.15, 0.2) is 15.8 Å². The molecule has 2 rings (SSSR count). The molecule has 1 fully saturated rings. The normalized spacial score (nSPS) is 19.4. The molecular formula is C16H29IN4O2S2. The van der Waals surface area contributed by atoms with E-state index in [1.165, 1.54) is 0 Å². The second-order valence-corrected chi connectivity index (χ2v) is 10.3. The van der Waals surface area contributed by atoms with E-state index in [0.29, 0.717) is 19.6 Å². The van der Waals surface area contributed by atoms with E-state index in [2.05, 4.69) is 32.5 Å². The number of aryl methyl sites for hydroxylation is 1. The maximum Gasteiger partial charge on any atom is 0.194 e. The molecule has 9 heteroatoms. The summed E-state index contributed by atoms with van der Waals surface area (Å²) in [7, 11) is -3.04. The smallest absolute Gasteiger partial charge is 0.194 e. The zero-order chi connectivity index (χ0) is 17.8. The molecule has 2 heterocycles. The van der Waals surface area contributed by atoms with Gasteiger partial charge >= 0.3 is 0 Å². The number of hydrogen-bond donors (Lipinski definition) is 1. The average molecular weight is 500 g/mol. The first-order valence-electron chi connectivity index (χ1n) is 8.48. The number of halogens is 1. The number of nitrogens with one attached hydrogen (secondary N) is 1. The fourth-order valence-corrected chi connectivity index (χ4v) is 4.80. The Kier molecular flexibility index (Phi) is 8.59. The van der Waals surface area contributed by atoms with E-state index < -0.39 is 14.6 Å². The van der Waals surface area contributed by atoms with Crippen molar-refractivity contribution < 1.29 is 8.42 Å². The van der Waals surface area contributed by atoms with Crippen molar-refractivity contribution in [2.75, 3.05) is 31.9 Å². The minimum absolute atomic E-state index is 0. The van der Waals surface area contributed by atoms with Gasteiger partial charge in [-0.1, -0.05) is 6.92 Å². The molecule has 1 aromatic rings. The molecule has 1 aliphatic heterocycles. The van der Waals surface area contributed by atoms with Gasteiger partial charge in [0.1, 0.15) is 0 Å². The summed E-state index contributed by atoms with van der Waals surface area (Å²) in [6, 6.07) is 0. The van der Waals surface area contributed by atoms with Crippen molar-refractivity contribution in [2.45, 2.75) is 45.3 Å². The van der Waals surface area contributed by atoms with E-state index >= 15 is 0 Å². The van der Waals surface area contributed by atoms with Gasteiger partial charge < -0.3 is 10.2 Å². The molecule has 25 heavy (non-hydrogen) atoms. The van der Waals surface area contributed by atoms with E-state index in [1.807, 2.05) is 6.92 Å². The summed E-state index contributed by atoms with van der Waals surface area (Å²) in [4.78, 5) is 11.3. The highest BCUT2D eigenvalue weighted by Gasteiger charge is 2.40. The monoisotopic (exact) mass is 500 g/mol. The molecule has 0 amide bonds. The first-order valence-corrected chi connectivity index (χ1v) is 11.0. The van der Waals surface area contributed by atoms with Crippen molar-refractivity contribution in [3.05, 3.63) is 16.1 Å². The maximum atomic E-state index is 12.2. The lowest BCUT2D eigenvalue weighted by molar-refractivity contribution is 0.353. The van der Waals surface area contributed by atoms with Crippen LogP contribution in [0.1, 0.15) is 38.4 Å². The molecular weight excluding hydrogens is 471 g/mol. The van der Waals surface area contributed by atoms with Crippen molar-refractivity contribution in [3.63, 3.8) is 0 Å². The number of nitrogens with zero attached hydrogens (tertiary/aromatic N) is 3. The van der Waals surface area contributed by atoms with Gasteiger partial charge in [0, 0.05) is 38.0 Å². The van der Waals surface area contributed by atoms with Crippen LogP contribution in [0.25, 0.3) is 0 Å². The average Bonchev–Trinajstić information content (AvgIpc) is 2.97. The minimum Gasteiger partial charge on any atom is -0.357 e. The van der Waals surface area contributed by atoms with Crippen LogP contribution in [0.3, 0.4) is 0 Å². The van der Waals surface area contributed by atoms with Crippen LogP contribution in [0.5, 0.6) is 0 Å². The van der Waals surface area contributed by atoms with Crippen LogP contribution in [-0.4, -0.2) is 60.9 Å². The van der Waals surface area contributed by atoms with E-state index in [9.17, 15) is 8.42 Å². The zero-order valence-electron chi connectivity index (χ0n) is 15.4. The number of guanidine groups is 1. The summed E-state index contributed by atoms with van der Waals surface area (Å²) < 4.78 is 23.6. The molecule has 0 unspecified atom stereocenters. The Balaban J connectivity index is 0.00000312. The van der Waals surface area contributed by atoms with Gasteiger partial charge in [-0.2, -0.15) is 0 Å². The van der Waals surface area contributed by atoms with Gasteiger partial charge in [0.25, 0.3) is 0 Å². The van der Waals surface area contributed by atoms with Crippen LogP contribution in [0.4, 0.5) is 0 Å². The molecule has 6 nitrogen and oxygen atoms in total. The van der Waals surface area contributed by atoms with Gasteiger partial charge in [0.05, 0.1) is 21.2 Å². The molecule has 0 aliphatic carbocycles. The first-order chi connectivity index (χ1) is 11.3. The zero-order valence-corrected chi connectivity index (χ0v) is 19.4. The summed E-state index contributed by atoms with van der Waals surface area (Å²) in [5, 5.41) is 6.53. The molecule has 0 bridgehead atoms. The van der Waals surface area contributed by atoms with Crippen LogP contribution in [0.2, 0.25) is 0 Å². The van der Waals surface area contributed by atoms with E-state index in [4.69, 9.17) is 0 Å². The van der Waals surface area contributed by atoms with Gasteiger partial charge in [-0.3, -0.25) is 4.99 Å². The van der Waals surface area contributed by atoms with Crippen molar-refractivity contribution in [3.8, 4) is 0 Å². The highest BCUT2D eigenvalue weighted by molar-refractivity contribution is 14.0. The molecule has 1 aliphatic rings. The Morgan fingerprint density at radius 2 is 2.16 bits per heavy atom. The number of aliphatic imine (C=N–C) groups is 1. The Bertz CT molecular complexity index is 686. The lowest BCUT2D eigenvalue weighted by Gasteiger charge is -2.39. The van der Waals surface area contributed by atoms with Crippen molar-refractivity contribution in [1.82, 2.24) is 15.2 Å². The van der Waals surface area contributed by atoms with E-state index in [0.717, 1.165) is 36.0 Å². The maximum absolute atomic E-state index is 12.2. The van der Waals surface area contributed by atoms with Crippen LogP contribution >= 0.6 is 35.3 Å². The van der Waals surface area contributed by atoms with Gasteiger partial charge in [-0.05, 0) is 27.2 Å². The Morgan fingerprint density at radius 3 is 2.72 bits per heavy atom. The summed E-state index contributed by atoms with van der Waals surface area (Å²) in [6.07, 6.45) is 1.77. The molecule has 1 N–H and O–H groups in total. The van der Waals surface area contributed by atoms with Gasteiger partial charge in [-0.25, -0.2) is 13.4 Å². The molecule has 0 atom stereocenters.